The number of aromatic nitrogens is 2. The van der Waals surface area contributed by atoms with Gasteiger partial charge < -0.3 is 15.0 Å². The molecule has 1 aromatic heterocycles. The van der Waals surface area contributed by atoms with Crippen molar-refractivity contribution in [1.82, 2.24) is 20.4 Å². The molecule has 0 saturated heterocycles. The number of nitrogens with zero attached hydrogens (tertiary/aromatic N) is 3. The normalized spacial score (nSPS) is 13.9. The number of halogens is 5. The maximum absolute atomic E-state index is 14.5. The summed E-state index contributed by atoms with van der Waals surface area (Å²) in [6.07, 6.45) is -4.96. The van der Waals surface area contributed by atoms with E-state index in [1.807, 2.05) is 0 Å². The van der Waals surface area contributed by atoms with E-state index in [1.165, 1.54) is 24.3 Å². The lowest BCUT2D eigenvalue weighted by atomic mass is 10.0. The molecule has 0 radical (unpaired) electrons. The molecule has 2 aromatic carbocycles. The smallest absolute Gasteiger partial charge is 0.434 e. The number of rotatable bonds is 5. The quantitative estimate of drug-likeness (QED) is 0.477. The van der Waals surface area contributed by atoms with E-state index in [0.717, 1.165) is 17.0 Å². The third-order valence-electron chi connectivity index (χ3n) is 5.28. The van der Waals surface area contributed by atoms with Crippen LogP contribution in [-0.4, -0.2) is 33.8 Å². The van der Waals surface area contributed by atoms with Crippen molar-refractivity contribution in [2.75, 3.05) is 6.67 Å². The van der Waals surface area contributed by atoms with Gasteiger partial charge in [-0.15, -0.1) is 0 Å². The van der Waals surface area contributed by atoms with Gasteiger partial charge in [0.25, 0.3) is 11.5 Å². The van der Waals surface area contributed by atoms with E-state index in [9.17, 15) is 27.2 Å². The number of carbonyl (C=O) groups excluding carboxylic acids is 1. The number of hydrogen-bond acceptors (Lipinski definition) is 6. The van der Waals surface area contributed by atoms with Crippen LogP contribution in [0.25, 0.3) is 11.1 Å². The van der Waals surface area contributed by atoms with E-state index >= 15 is 0 Å². The van der Waals surface area contributed by atoms with Crippen LogP contribution in [0.3, 0.4) is 0 Å². The van der Waals surface area contributed by atoms with Gasteiger partial charge in [-0.2, -0.15) is 23.5 Å². The Morgan fingerprint density at radius 2 is 1.92 bits per heavy atom. The Balaban J connectivity index is 1.67. The van der Waals surface area contributed by atoms with Gasteiger partial charge in [0.05, 0.1) is 36.1 Å². The van der Waals surface area contributed by atoms with Crippen molar-refractivity contribution in [3.05, 3.63) is 91.9 Å². The monoisotopic (exact) mass is 533 g/mol. The first-order valence-electron chi connectivity index (χ1n) is 10.5. The minimum atomic E-state index is -4.96. The van der Waals surface area contributed by atoms with Crippen LogP contribution < -0.4 is 15.6 Å². The molecule has 1 aliphatic heterocycles. The Labute approximate surface area is 211 Å². The summed E-state index contributed by atoms with van der Waals surface area (Å²) in [5, 5.41) is 17.3. The molecule has 1 amide bonds. The number of ether oxygens (including phenoxy) is 1. The molecule has 190 valence electrons. The minimum absolute atomic E-state index is 0.00359. The highest BCUT2D eigenvalue weighted by Crippen LogP contribution is 2.32. The zero-order chi connectivity index (χ0) is 26.9. The lowest BCUT2D eigenvalue weighted by Crippen LogP contribution is -2.49. The number of nitrogens with one attached hydrogen (secondary N) is 2. The van der Waals surface area contributed by atoms with Crippen molar-refractivity contribution in [3.63, 3.8) is 0 Å². The van der Waals surface area contributed by atoms with Crippen molar-refractivity contribution in [2.24, 2.45) is 0 Å². The summed E-state index contributed by atoms with van der Waals surface area (Å²) in [5.74, 6) is -3.11. The summed E-state index contributed by atoms with van der Waals surface area (Å²) in [4.78, 5) is 26.3. The van der Waals surface area contributed by atoms with Crippen LogP contribution in [0.2, 0.25) is 5.02 Å². The van der Waals surface area contributed by atoms with Gasteiger partial charge in [0.15, 0.2) is 5.70 Å². The Morgan fingerprint density at radius 3 is 2.59 bits per heavy atom. The van der Waals surface area contributed by atoms with Crippen LogP contribution in [-0.2, 0) is 11.3 Å². The molecule has 0 spiro atoms. The molecular weight excluding hydrogens is 518 g/mol. The number of benzene rings is 2. The van der Waals surface area contributed by atoms with Gasteiger partial charge in [-0.3, -0.25) is 9.59 Å². The number of allylic oxidation sites excluding steroid dienone is 1. The predicted octanol–water partition coefficient (Wildman–Crippen LogP) is 4.15. The molecule has 0 atom stereocenters. The van der Waals surface area contributed by atoms with Crippen LogP contribution in [0.1, 0.15) is 16.8 Å². The molecule has 0 unspecified atom stereocenters. The first-order chi connectivity index (χ1) is 17.5. The highest BCUT2D eigenvalue weighted by molar-refractivity contribution is 6.30. The SMILES string of the molecule is Cc1ccc(-c2cc(CN3CNC(C(F)(F)F)=C(Oc4cc(Cl)cc(C#N)c4)C3=O)n[nH]c2=O)c(F)c1. The minimum Gasteiger partial charge on any atom is -0.449 e. The molecule has 2 heterocycles. The molecule has 13 heteroatoms. The third kappa shape index (κ3) is 5.57. The van der Waals surface area contributed by atoms with Gasteiger partial charge in [-0.1, -0.05) is 23.7 Å². The van der Waals surface area contributed by atoms with Gasteiger partial charge in [0.2, 0.25) is 5.76 Å². The molecule has 0 aliphatic carbocycles. The summed E-state index contributed by atoms with van der Waals surface area (Å²) in [5.41, 5.74) is -1.44. The van der Waals surface area contributed by atoms with Crippen LogP contribution in [0.5, 0.6) is 5.75 Å². The molecule has 1 aliphatic rings. The van der Waals surface area contributed by atoms with E-state index < -0.39 is 41.6 Å². The topological polar surface area (TPSA) is 111 Å². The Kier molecular flexibility index (Phi) is 6.91. The second kappa shape index (κ2) is 9.94. The van der Waals surface area contributed by atoms with Gasteiger partial charge in [-0.25, -0.2) is 9.49 Å². The zero-order valence-corrected chi connectivity index (χ0v) is 19.7. The molecule has 0 bridgehead atoms. The lowest BCUT2D eigenvalue weighted by Gasteiger charge is -2.31. The second-order valence-corrected chi connectivity index (χ2v) is 8.45. The third-order valence-corrected chi connectivity index (χ3v) is 5.50. The summed E-state index contributed by atoms with van der Waals surface area (Å²) in [6, 6.07) is 10.9. The maximum atomic E-state index is 14.5. The molecule has 4 rings (SSSR count). The maximum Gasteiger partial charge on any atom is 0.434 e. The Hall–Kier alpha value is -4.37. The summed E-state index contributed by atoms with van der Waals surface area (Å²) in [6.45, 7) is 0.769. The fourth-order valence-corrected chi connectivity index (χ4v) is 3.82. The van der Waals surface area contributed by atoms with Gasteiger partial charge in [0, 0.05) is 10.6 Å². The first-order valence-corrected chi connectivity index (χ1v) is 10.9. The Morgan fingerprint density at radius 1 is 1.16 bits per heavy atom. The molecular formula is C24H16ClF4N5O3. The first kappa shape index (κ1) is 25.7. The fourth-order valence-electron chi connectivity index (χ4n) is 3.59. The average molecular weight is 534 g/mol. The van der Waals surface area contributed by atoms with E-state index in [0.29, 0.717) is 5.56 Å². The number of alkyl halides is 3. The fraction of sp³-hybridized carbons (Fsp3) is 0.167. The van der Waals surface area contributed by atoms with Crippen molar-refractivity contribution in [2.45, 2.75) is 19.6 Å². The van der Waals surface area contributed by atoms with E-state index in [1.54, 1.807) is 19.1 Å². The van der Waals surface area contributed by atoms with Gasteiger partial charge in [-0.05, 0) is 42.8 Å². The standard InChI is InChI=1S/C24H16ClF4N5O3/c1-12-2-3-17(19(26)4-12)18-8-15(32-33-22(18)35)10-34-11-31-21(24(27,28)29)20(23(34)36)37-16-6-13(9-30)5-14(25)7-16/h2-8,31H,10-11H2,1H3,(H,33,35). The molecule has 2 N–H and O–H groups in total. The largest absolute Gasteiger partial charge is 0.449 e. The number of nitriles is 1. The summed E-state index contributed by atoms with van der Waals surface area (Å²) < 4.78 is 60.7. The number of aromatic amines is 1. The van der Waals surface area contributed by atoms with Gasteiger partial charge in [0.1, 0.15) is 11.6 Å². The molecule has 37 heavy (non-hydrogen) atoms. The predicted molar refractivity (Wildman–Crippen MR) is 123 cm³/mol. The van der Waals surface area contributed by atoms with Crippen LogP contribution in [0.15, 0.2) is 58.7 Å². The highest BCUT2D eigenvalue weighted by Gasteiger charge is 2.44. The number of hydrogen-bond donors (Lipinski definition) is 2. The average Bonchev–Trinajstić information content (AvgIpc) is 2.82. The van der Waals surface area contributed by atoms with Crippen molar-refractivity contribution in [1.29, 1.82) is 5.26 Å². The number of aryl methyl sites for hydroxylation is 1. The van der Waals surface area contributed by atoms with E-state index in [2.05, 4.69) is 15.5 Å². The molecule has 8 nitrogen and oxygen atoms in total. The van der Waals surface area contributed by atoms with Crippen molar-refractivity contribution < 1.29 is 27.1 Å². The molecule has 0 fully saturated rings. The number of amides is 1. The van der Waals surface area contributed by atoms with E-state index in [4.69, 9.17) is 21.6 Å². The summed E-state index contributed by atoms with van der Waals surface area (Å²) >= 11 is 5.90. The van der Waals surface area contributed by atoms with Crippen LogP contribution in [0.4, 0.5) is 17.6 Å². The summed E-state index contributed by atoms with van der Waals surface area (Å²) in [7, 11) is 0. The van der Waals surface area contributed by atoms with Crippen LogP contribution in [0, 0.1) is 24.1 Å². The highest BCUT2D eigenvalue weighted by atomic mass is 35.5. The lowest BCUT2D eigenvalue weighted by molar-refractivity contribution is -0.137. The molecule has 3 aromatic rings. The van der Waals surface area contributed by atoms with Crippen molar-refractivity contribution in [3.8, 4) is 22.9 Å². The second-order valence-electron chi connectivity index (χ2n) is 8.01. The molecule has 0 saturated carbocycles. The zero-order valence-electron chi connectivity index (χ0n) is 18.9. The van der Waals surface area contributed by atoms with Crippen molar-refractivity contribution >= 4 is 17.5 Å². The van der Waals surface area contributed by atoms with Crippen LogP contribution >= 0.6 is 11.6 Å². The Bertz CT molecular complexity index is 1530. The van der Waals surface area contributed by atoms with Gasteiger partial charge >= 0.3 is 6.18 Å². The van der Waals surface area contributed by atoms with E-state index in [-0.39, 0.29) is 39.7 Å². The number of carbonyl (C=O) groups is 1. The number of H-pyrrole nitrogens is 1.